The number of likely N-dealkylation sites (N-methyl/N-ethyl adjacent to an activating group) is 1. The summed E-state index contributed by atoms with van der Waals surface area (Å²) in [5, 5.41) is 0. The highest BCUT2D eigenvalue weighted by Gasteiger charge is 2.15. The van der Waals surface area contributed by atoms with E-state index in [4.69, 9.17) is 5.73 Å². The summed E-state index contributed by atoms with van der Waals surface area (Å²) >= 11 is 0. The minimum atomic E-state index is -0.285. The predicted molar refractivity (Wildman–Crippen MR) is 73.1 cm³/mol. The van der Waals surface area contributed by atoms with Crippen molar-refractivity contribution in [2.75, 3.05) is 38.6 Å². The van der Waals surface area contributed by atoms with E-state index >= 15 is 0 Å². The number of hydrogen-bond acceptors (Lipinski definition) is 4. The molecule has 0 radical (unpaired) electrons. The highest BCUT2D eigenvalue weighted by atomic mass is 19.1. The SMILES string of the molecule is CCCN(CCN(C)C)c1nccc(CN)c1F. The van der Waals surface area contributed by atoms with Crippen LogP contribution in [0.2, 0.25) is 0 Å². The molecule has 4 nitrogen and oxygen atoms in total. The van der Waals surface area contributed by atoms with Gasteiger partial charge in [0.05, 0.1) is 0 Å². The van der Waals surface area contributed by atoms with Gasteiger partial charge >= 0.3 is 0 Å². The van der Waals surface area contributed by atoms with Crippen LogP contribution in [-0.2, 0) is 6.54 Å². The molecule has 0 saturated heterocycles. The summed E-state index contributed by atoms with van der Waals surface area (Å²) in [4.78, 5) is 8.22. The molecule has 1 heterocycles. The Hall–Kier alpha value is -1.20. The molecule has 0 aliphatic carbocycles. The van der Waals surface area contributed by atoms with Crippen molar-refractivity contribution in [3.8, 4) is 0 Å². The minimum absolute atomic E-state index is 0.203. The molecular formula is C13H23FN4. The van der Waals surface area contributed by atoms with E-state index in [1.54, 1.807) is 12.3 Å². The Morgan fingerprint density at radius 3 is 2.56 bits per heavy atom. The fraction of sp³-hybridized carbons (Fsp3) is 0.615. The summed E-state index contributed by atoms with van der Waals surface area (Å²) in [5.41, 5.74) is 6.04. The second-order valence-electron chi connectivity index (χ2n) is 4.60. The van der Waals surface area contributed by atoms with Crippen molar-refractivity contribution in [3.05, 3.63) is 23.6 Å². The molecule has 0 spiro atoms. The normalized spacial score (nSPS) is 11.0. The Bertz CT molecular complexity index is 368. The molecule has 1 aromatic rings. The summed E-state index contributed by atoms with van der Waals surface area (Å²) in [6.45, 7) is 4.71. The third-order valence-electron chi connectivity index (χ3n) is 2.78. The molecule has 0 fully saturated rings. The number of nitrogens with zero attached hydrogens (tertiary/aromatic N) is 3. The number of nitrogens with two attached hydrogens (primary N) is 1. The number of halogens is 1. The molecule has 2 N–H and O–H groups in total. The lowest BCUT2D eigenvalue weighted by Crippen LogP contribution is -2.33. The topological polar surface area (TPSA) is 45.4 Å². The molecular weight excluding hydrogens is 231 g/mol. The summed E-state index contributed by atoms with van der Waals surface area (Å²) < 4.78 is 14.2. The maximum atomic E-state index is 14.2. The van der Waals surface area contributed by atoms with Crippen LogP contribution in [0.25, 0.3) is 0 Å². The minimum Gasteiger partial charge on any atom is -0.353 e. The first-order valence-corrected chi connectivity index (χ1v) is 6.33. The van der Waals surface area contributed by atoms with Gasteiger partial charge in [-0.25, -0.2) is 9.37 Å². The molecule has 5 heteroatoms. The van der Waals surface area contributed by atoms with Crippen LogP contribution in [-0.4, -0.2) is 43.6 Å². The quantitative estimate of drug-likeness (QED) is 0.800. The first-order chi connectivity index (χ1) is 8.60. The van der Waals surface area contributed by atoms with Gasteiger partial charge in [0.15, 0.2) is 11.6 Å². The van der Waals surface area contributed by atoms with Crippen molar-refractivity contribution >= 4 is 5.82 Å². The number of anilines is 1. The smallest absolute Gasteiger partial charge is 0.170 e. The van der Waals surface area contributed by atoms with E-state index in [9.17, 15) is 4.39 Å². The summed E-state index contributed by atoms with van der Waals surface area (Å²) in [6, 6.07) is 1.63. The first-order valence-electron chi connectivity index (χ1n) is 6.33. The van der Waals surface area contributed by atoms with E-state index in [0.717, 1.165) is 26.1 Å². The Balaban J connectivity index is 2.90. The number of hydrogen-bond donors (Lipinski definition) is 1. The van der Waals surface area contributed by atoms with E-state index in [1.165, 1.54) is 0 Å². The van der Waals surface area contributed by atoms with E-state index in [1.807, 2.05) is 19.0 Å². The van der Waals surface area contributed by atoms with Gasteiger partial charge in [-0.3, -0.25) is 0 Å². The molecule has 0 aliphatic heterocycles. The molecule has 1 aromatic heterocycles. The van der Waals surface area contributed by atoms with Gasteiger partial charge in [0, 0.05) is 37.9 Å². The fourth-order valence-electron chi connectivity index (χ4n) is 1.76. The van der Waals surface area contributed by atoms with Crippen molar-refractivity contribution < 1.29 is 4.39 Å². The van der Waals surface area contributed by atoms with E-state index < -0.39 is 0 Å². The van der Waals surface area contributed by atoms with Crippen molar-refractivity contribution in [3.63, 3.8) is 0 Å². The lowest BCUT2D eigenvalue weighted by molar-refractivity contribution is 0.411. The van der Waals surface area contributed by atoms with Crippen LogP contribution in [0.4, 0.5) is 10.2 Å². The molecule has 0 aliphatic rings. The molecule has 0 bridgehead atoms. The van der Waals surface area contributed by atoms with Gasteiger partial charge in [-0.2, -0.15) is 0 Å². The second-order valence-corrected chi connectivity index (χ2v) is 4.60. The van der Waals surface area contributed by atoms with Gasteiger partial charge < -0.3 is 15.5 Å². The maximum absolute atomic E-state index is 14.2. The number of aromatic nitrogens is 1. The molecule has 18 heavy (non-hydrogen) atoms. The van der Waals surface area contributed by atoms with Gasteiger partial charge in [0.2, 0.25) is 0 Å². The molecule has 0 aromatic carbocycles. The van der Waals surface area contributed by atoms with Crippen LogP contribution >= 0.6 is 0 Å². The van der Waals surface area contributed by atoms with E-state index in [-0.39, 0.29) is 12.4 Å². The monoisotopic (exact) mass is 254 g/mol. The molecule has 0 amide bonds. The maximum Gasteiger partial charge on any atom is 0.170 e. The Labute approximate surface area is 109 Å². The Kier molecular flexibility index (Phi) is 6.01. The van der Waals surface area contributed by atoms with Gasteiger partial charge in [-0.15, -0.1) is 0 Å². The van der Waals surface area contributed by atoms with Crippen LogP contribution in [0.3, 0.4) is 0 Å². The van der Waals surface area contributed by atoms with Crippen LogP contribution < -0.4 is 10.6 Å². The average molecular weight is 254 g/mol. The van der Waals surface area contributed by atoms with E-state index in [2.05, 4.69) is 16.8 Å². The molecule has 0 atom stereocenters. The summed E-state index contributed by atoms with van der Waals surface area (Å²) in [5.74, 6) is 0.133. The molecule has 0 unspecified atom stereocenters. The van der Waals surface area contributed by atoms with Crippen molar-refractivity contribution in [1.29, 1.82) is 0 Å². The second kappa shape index (κ2) is 7.28. The van der Waals surface area contributed by atoms with Crippen LogP contribution in [0.5, 0.6) is 0 Å². The third kappa shape index (κ3) is 3.92. The van der Waals surface area contributed by atoms with Crippen molar-refractivity contribution in [2.45, 2.75) is 19.9 Å². The van der Waals surface area contributed by atoms with Crippen LogP contribution in [0, 0.1) is 5.82 Å². The first kappa shape index (κ1) is 14.9. The zero-order valence-electron chi connectivity index (χ0n) is 11.5. The van der Waals surface area contributed by atoms with E-state index in [0.29, 0.717) is 11.4 Å². The third-order valence-corrected chi connectivity index (χ3v) is 2.78. The highest BCUT2D eigenvalue weighted by Crippen LogP contribution is 2.19. The fourth-order valence-corrected chi connectivity index (χ4v) is 1.76. The van der Waals surface area contributed by atoms with Gasteiger partial charge in [-0.05, 0) is 26.6 Å². The zero-order chi connectivity index (χ0) is 13.5. The molecule has 1 rings (SSSR count). The standard InChI is InChI=1S/C13H23FN4/c1-4-7-18(9-8-17(2)3)13-12(14)11(10-15)5-6-16-13/h5-6H,4,7-10,15H2,1-3H3. The van der Waals surface area contributed by atoms with Crippen LogP contribution in [0.15, 0.2) is 12.3 Å². The van der Waals surface area contributed by atoms with Crippen molar-refractivity contribution in [2.24, 2.45) is 5.73 Å². The Morgan fingerprint density at radius 2 is 2.00 bits per heavy atom. The summed E-state index contributed by atoms with van der Waals surface area (Å²) in [6.07, 6.45) is 2.58. The predicted octanol–water partition coefficient (Wildman–Crippen LogP) is 1.46. The van der Waals surface area contributed by atoms with Gasteiger partial charge in [0.25, 0.3) is 0 Å². The number of rotatable bonds is 7. The molecule has 0 saturated carbocycles. The van der Waals surface area contributed by atoms with Gasteiger partial charge in [0.1, 0.15) is 0 Å². The largest absolute Gasteiger partial charge is 0.353 e. The zero-order valence-corrected chi connectivity index (χ0v) is 11.5. The van der Waals surface area contributed by atoms with Crippen LogP contribution in [0.1, 0.15) is 18.9 Å². The lowest BCUT2D eigenvalue weighted by atomic mass is 10.2. The Morgan fingerprint density at radius 1 is 1.28 bits per heavy atom. The highest BCUT2D eigenvalue weighted by molar-refractivity contribution is 5.43. The lowest BCUT2D eigenvalue weighted by Gasteiger charge is -2.25. The molecule has 102 valence electrons. The average Bonchev–Trinajstić information content (AvgIpc) is 2.35. The van der Waals surface area contributed by atoms with Crippen molar-refractivity contribution in [1.82, 2.24) is 9.88 Å². The number of pyridine rings is 1. The summed E-state index contributed by atoms with van der Waals surface area (Å²) in [7, 11) is 4.01. The van der Waals surface area contributed by atoms with Gasteiger partial charge in [-0.1, -0.05) is 6.92 Å².